The second-order valence-electron chi connectivity index (χ2n) is 10.8. The number of unbranched alkanes of at least 4 members (excludes halogenated alkanes) is 8. The van der Waals surface area contributed by atoms with Crippen LogP contribution in [0.3, 0.4) is 0 Å². The molecule has 0 aromatic heterocycles. The third-order valence-electron chi connectivity index (χ3n) is 7.40. The maximum Gasteiger partial charge on any atom is 0.500 e. The lowest BCUT2D eigenvalue weighted by Gasteiger charge is -2.28. The minimum atomic E-state index is -2.51. The van der Waals surface area contributed by atoms with Crippen molar-refractivity contribution < 1.29 is 31.4 Å². The van der Waals surface area contributed by atoms with Crippen LogP contribution >= 0.6 is 0 Å². The van der Waals surface area contributed by atoms with Gasteiger partial charge in [-0.25, -0.2) is 0 Å². The summed E-state index contributed by atoms with van der Waals surface area (Å²) in [6, 6.07) is 1.79. The van der Waals surface area contributed by atoms with E-state index in [-0.39, 0.29) is 11.8 Å². The first-order valence-electron chi connectivity index (χ1n) is 16.7. The minimum absolute atomic E-state index is 0.165. The fraction of sp³-hybridized carbons (Fsp3) is 0.968. The second-order valence-corrected chi connectivity index (χ2v) is 16.2. The van der Waals surface area contributed by atoms with Crippen LogP contribution in [0.5, 0.6) is 0 Å². The lowest BCUT2D eigenvalue weighted by molar-refractivity contribution is -0.126. The van der Waals surface area contributed by atoms with Gasteiger partial charge in [0.05, 0.1) is 0 Å². The Kier molecular flexibility index (Phi) is 25.3. The smallest absolute Gasteiger partial charge is 0.374 e. The first kappa shape index (κ1) is 39.9. The van der Waals surface area contributed by atoms with Gasteiger partial charge in [-0.1, -0.05) is 65.2 Å². The van der Waals surface area contributed by atoms with Crippen LogP contribution in [0.4, 0.5) is 0 Å². The summed E-state index contributed by atoms with van der Waals surface area (Å²) in [6.07, 6.45) is 13.5. The number of hydrogen-bond acceptors (Lipinski definition) is 7. The van der Waals surface area contributed by atoms with Crippen molar-refractivity contribution in [2.45, 2.75) is 145 Å². The monoisotopic (exact) mass is 606 g/mol. The summed E-state index contributed by atoms with van der Waals surface area (Å²) >= 11 is 0. The Balaban J connectivity index is 4.08. The molecule has 7 nitrogen and oxygen atoms in total. The maximum atomic E-state index is 12.9. The summed E-state index contributed by atoms with van der Waals surface area (Å²) in [7, 11) is -5.01. The SMILES string of the molecule is CCO[Si](CCCCCCCC(C)C(=O)C(C)CCCCCCC[Si](OCC)(OCC)OCC)(OCC)OCC. The molecule has 0 aromatic rings. The van der Waals surface area contributed by atoms with Gasteiger partial charge in [-0.3, -0.25) is 4.79 Å². The molecular formula is C31H66O7Si2. The molecule has 0 N–H and O–H groups in total. The normalized spacial score (nSPS) is 14.0. The van der Waals surface area contributed by atoms with Gasteiger partial charge in [-0.05, 0) is 67.2 Å². The van der Waals surface area contributed by atoms with E-state index >= 15 is 0 Å². The first-order valence-corrected chi connectivity index (χ1v) is 20.5. The van der Waals surface area contributed by atoms with E-state index < -0.39 is 17.6 Å². The van der Waals surface area contributed by atoms with E-state index in [1.54, 1.807) is 0 Å². The molecule has 0 aromatic carbocycles. The molecule has 2 unspecified atom stereocenters. The second kappa shape index (κ2) is 25.4. The van der Waals surface area contributed by atoms with E-state index in [1.165, 1.54) is 25.7 Å². The minimum Gasteiger partial charge on any atom is -0.374 e. The molecule has 0 radical (unpaired) electrons. The average molecular weight is 607 g/mol. The highest BCUT2D eigenvalue weighted by Crippen LogP contribution is 2.24. The Morgan fingerprint density at radius 3 is 0.975 bits per heavy atom. The molecule has 0 bridgehead atoms. The zero-order valence-electron chi connectivity index (χ0n) is 27.7. The molecule has 0 aliphatic rings. The standard InChI is InChI=1S/C31H66O7Si2/c1-9-33-39(34-10-2,35-11-3)27-23-19-15-17-21-25-29(7)31(32)30(8)26-22-18-16-20-24-28-40(36-12-4,37-13-5)38-14-6/h29-30H,9-28H2,1-8H3. The van der Waals surface area contributed by atoms with E-state index in [4.69, 9.17) is 26.6 Å². The van der Waals surface area contributed by atoms with Gasteiger partial charge in [0.1, 0.15) is 5.78 Å². The molecule has 0 fully saturated rings. The molecule has 2 atom stereocenters. The highest BCUT2D eigenvalue weighted by atomic mass is 28.4. The van der Waals surface area contributed by atoms with Crippen molar-refractivity contribution in [1.29, 1.82) is 0 Å². The number of carbonyl (C=O) groups excluding carboxylic acids is 1. The van der Waals surface area contributed by atoms with Gasteiger partial charge in [0, 0.05) is 63.6 Å². The van der Waals surface area contributed by atoms with Crippen LogP contribution in [-0.2, 0) is 31.4 Å². The predicted molar refractivity (Wildman–Crippen MR) is 170 cm³/mol. The predicted octanol–water partition coefficient (Wildman–Crippen LogP) is 8.61. The van der Waals surface area contributed by atoms with E-state index in [0.29, 0.717) is 45.4 Å². The van der Waals surface area contributed by atoms with Crippen LogP contribution in [-0.4, -0.2) is 63.0 Å². The fourth-order valence-electron chi connectivity index (χ4n) is 5.42. The summed E-state index contributed by atoms with van der Waals surface area (Å²) in [5, 5.41) is 0. The maximum absolute atomic E-state index is 12.9. The summed E-state index contributed by atoms with van der Waals surface area (Å²) in [6.45, 7) is 20.1. The third kappa shape index (κ3) is 17.7. The summed E-state index contributed by atoms with van der Waals surface area (Å²) < 4.78 is 35.7. The largest absolute Gasteiger partial charge is 0.500 e. The molecular weight excluding hydrogens is 541 g/mol. The van der Waals surface area contributed by atoms with Crippen LogP contribution in [0, 0.1) is 11.8 Å². The van der Waals surface area contributed by atoms with E-state index in [9.17, 15) is 4.79 Å². The molecule has 0 aliphatic heterocycles. The zero-order chi connectivity index (χ0) is 30.1. The van der Waals surface area contributed by atoms with Crippen molar-refractivity contribution >= 4 is 23.4 Å². The molecule has 0 rings (SSSR count). The topological polar surface area (TPSA) is 72.5 Å². The van der Waals surface area contributed by atoms with Crippen molar-refractivity contribution in [1.82, 2.24) is 0 Å². The van der Waals surface area contributed by atoms with E-state index in [2.05, 4.69) is 13.8 Å². The lowest BCUT2D eigenvalue weighted by atomic mass is 9.88. The Morgan fingerprint density at radius 2 is 0.700 bits per heavy atom. The average Bonchev–Trinajstić information content (AvgIpc) is 2.92. The molecule has 0 spiro atoms. The quantitative estimate of drug-likeness (QED) is 0.0599. The van der Waals surface area contributed by atoms with Gasteiger partial charge < -0.3 is 26.6 Å². The van der Waals surface area contributed by atoms with Crippen molar-refractivity contribution in [2.24, 2.45) is 11.8 Å². The van der Waals surface area contributed by atoms with Crippen LogP contribution < -0.4 is 0 Å². The van der Waals surface area contributed by atoms with Crippen LogP contribution in [0.25, 0.3) is 0 Å². The van der Waals surface area contributed by atoms with Crippen molar-refractivity contribution in [3.63, 3.8) is 0 Å². The van der Waals surface area contributed by atoms with Gasteiger partial charge >= 0.3 is 17.6 Å². The van der Waals surface area contributed by atoms with Gasteiger partial charge in [-0.2, -0.15) is 0 Å². The van der Waals surface area contributed by atoms with Gasteiger partial charge in [0.2, 0.25) is 0 Å². The van der Waals surface area contributed by atoms with Gasteiger partial charge in [0.25, 0.3) is 0 Å². The Morgan fingerprint density at radius 1 is 0.450 bits per heavy atom. The highest BCUT2D eigenvalue weighted by molar-refractivity contribution is 6.61. The first-order chi connectivity index (χ1) is 19.3. The molecule has 9 heteroatoms. The summed E-state index contributed by atoms with van der Waals surface area (Å²) in [4.78, 5) is 12.9. The Bertz CT molecular complexity index is 512. The third-order valence-corrected chi connectivity index (χ3v) is 13.7. The van der Waals surface area contributed by atoms with Crippen LogP contribution in [0.15, 0.2) is 0 Å². The molecule has 40 heavy (non-hydrogen) atoms. The number of Topliss-reactive ketones (excluding diaryl/α,β-unsaturated/α-hetero) is 1. The zero-order valence-corrected chi connectivity index (χ0v) is 29.7. The van der Waals surface area contributed by atoms with E-state index in [0.717, 1.165) is 63.5 Å². The Hall–Kier alpha value is -0.136. The molecule has 0 heterocycles. The molecule has 0 amide bonds. The van der Waals surface area contributed by atoms with Crippen LogP contribution in [0.1, 0.15) is 132 Å². The number of rotatable bonds is 30. The fourth-order valence-corrected chi connectivity index (χ4v) is 10.8. The van der Waals surface area contributed by atoms with Crippen LogP contribution in [0.2, 0.25) is 12.1 Å². The number of hydrogen-bond donors (Lipinski definition) is 0. The Labute approximate surface area is 250 Å². The van der Waals surface area contributed by atoms with Gasteiger partial charge in [-0.15, -0.1) is 0 Å². The summed E-state index contributed by atoms with van der Waals surface area (Å²) in [5.74, 6) is 0.775. The molecule has 240 valence electrons. The molecule has 0 saturated carbocycles. The van der Waals surface area contributed by atoms with Crippen molar-refractivity contribution in [3.05, 3.63) is 0 Å². The molecule has 0 saturated heterocycles. The molecule has 0 aliphatic carbocycles. The lowest BCUT2D eigenvalue weighted by Crippen LogP contribution is -2.45. The number of ketones is 1. The van der Waals surface area contributed by atoms with E-state index in [1.807, 2.05) is 41.5 Å². The van der Waals surface area contributed by atoms with Gasteiger partial charge in [0.15, 0.2) is 0 Å². The van der Waals surface area contributed by atoms with Crippen molar-refractivity contribution in [3.8, 4) is 0 Å². The number of carbonyl (C=O) groups is 1. The summed E-state index contributed by atoms with van der Waals surface area (Å²) in [5.41, 5.74) is 0. The highest BCUT2D eigenvalue weighted by Gasteiger charge is 2.40. The van der Waals surface area contributed by atoms with Crippen molar-refractivity contribution in [2.75, 3.05) is 39.6 Å².